The molecule has 18 heavy (non-hydrogen) atoms. The number of thiol groups is 1. The standard InChI is InChI=1S/C11H14ClNO4S/c1-17-11(16)6-2-5(7(12)3-8(6)13)10(15)9(14)4-18/h2-3,9-10,14-15,18H,4,13H2,1H3. The van der Waals surface area contributed by atoms with Crippen molar-refractivity contribution in [2.45, 2.75) is 12.2 Å². The van der Waals surface area contributed by atoms with Crippen LogP contribution in [0, 0.1) is 0 Å². The molecule has 0 aliphatic carbocycles. The van der Waals surface area contributed by atoms with Crippen LogP contribution >= 0.6 is 24.2 Å². The molecule has 0 saturated heterocycles. The summed E-state index contributed by atoms with van der Waals surface area (Å²) < 4.78 is 4.56. The molecule has 1 rings (SSSR count). The molecule has 1 aromatic rings. The number of halogens is 1. The van der Waals surface area contributed by atoms with E-state index in [-0.39, 0.29) is 27.6 Å². The smallest absolute Gasteiger partial charge is 0.339 e. The highest BCUT2D eigenvalue weighted by Gasteiger charge is 2.22. The number of aliphatic hydroxyl groups is 2. The minimum absolute atomic E-state index is 0.0510. The Labute approximate surface area is 115 Å². The third-order valence-electron chi connectivity index (χ3n) is 2.44. The number of carbonyl (C=O) groups is 1. The predicted octanol–water partition coefficient (Wildman–Crippen LogP) is 1.03. The highest BCUT2D eigenvalue weighted by molar-refractivity contribution is 7.80. The van der Waals surface area contributed by atoms with Gasteiger partial charge in [0.1, 0.15) is 6.10 Å². The molecule has 2 unspecified atom stereocenters. The van der Waals surface area contributed by atoms with Gasteiger partial charge in [-0.15, -0.1) is 0 Å². The molecular weight excluding hydrogens is 278 g/mol. The van der Waals surface area contributed by atoms with Crippen molar-refractivity contribution < 1.29 is 19.7 Å². The molecular formula is C11H14ClNO4S. The normalized spacial score (nSPS) is 14.1. The fourth-order valence-corrected chi connectivity index (χ4v) is 1.91. The van der Waals surface area contributed by atoms with Crippen LogP contribution in [0.3, 0.4) is 0 Å². The van der Waals surface area contributed by atoms with Crippen LogP contribution in [0.2, 0.25) is 5.02 Å². The summed E-state index contributed by atoms with van der Waals surface area (Å²) in [6.07, 6.45) is -2.35. The number of methoxy groups -OCH3 is 1. The maximum atomic E-state index is 11.5. The van der Waals surface area contributed by atoms with Crippen LogP contribution in [0.4, 0.5) is 5.69 Å². The second-order valence-electron chi connectivity index (χ2n) is 3.65. The number of carbonyl (C=O) groups excluding carboxylic acids is 1. The highest BCUT2D eigenvalue weighted by Crippen LogP contribution is 2.30. The summed E-state index contributed by atoms with van der Waals surface area (Å²) in [5, 5.41) is 19.6. The zero-order valence-corrected chi connectivity index (χ0v) is 11.3. The number of ether oxygens (including phenoxy) is 1. The van der Waals surface area contributed by atoms with E-state index in [0.29, 0.717) is 0 Å². The number of rotatable bonds is 4. The van der Waals surface area contributed by atoms with E-state index in [9.17, 15) is 15.0 Å². The fourth-order valence-electron chi connectivity index (χ4n) is 1.43. The molecule has 0 fully saturated rings. The van der Waals surface area contributed by atoms with E-state index in [1.165, 1.54) is 19.2 Å². The Kier molecular flexibility index (Phi) is 5.28. The molecule has 7 heteroatoms. The maximum Gasteiger partial charge on any atom is 0.339 e. The molecule has 0 aromatic heterocycles. The second kappa shape index (κ2) is 6.29. The van der Waals surface area contributed by atoms with E-state index >= 15 is 0 Å². The van der Waals surface area contributed by atoms with Crippen molar-refractivity contribution in [3.05, 3.63) is 28.3 Å². The molecule has 0 spiro atoms. The van der Waals surface area contributed by atoms with E-state index in [1.54, 1.807) is 0 Å². The Balaban J connectivity index is 3.24. The third-order valence-corrected chi connectivity index (χ3v) is 3.15. The van der Waals surface area contributed by atoms with Crippen molar-refractivity contribution in [1.82, 2.24) is 0 Å². The van der Waals surface area contributed by atoms with Crippen LogP contribution in [-0.2, 0) is 4.74 Å². The van der Waals surface area contributed by atoms with Crippen LogP contribution in [0.15, 0.2) is 12.1 Å². The van der Waals surface area contributed by atoms with E-state index in [1.807, 2.05) is 0 Å². The van der Waals surface area contributed by atoms with Crippen LogP contribution in [0.1, 0.15) is 22.0 Å². The number of hydrogen-bond donors (Lipinski definition) is 4. The predicted molar refractivity (Wildman–Crippen MR) is 72.0 cm³/mol. The first-order valence-electron chi connectivity index (χ1n) is 5.06. The first kappa shape index (κ1) is 15.1. The van der Waals surface area contributed by atoms with Crippen molar-refractivity contribution >= 4 is 35.9 Å². The van der Waals surface area contributed by atoms with Crippen LogP contribution in [-0.4, -0.2) is 35.1 Å². The fraction of sp³-hybridized carbons (Fsp3) is 0.364. The van der Waals surface area contributed by atoms with Gasteiger partial charge in [0.15, 0.2) is 0 Å². The number of aliphatic hydroxyl groups excluding tert-OH is 2. The molecule has 0 aliphatic heterocycles. The Hall–Kier alpha value is -0.950. The van der Waals surface area contributed by atoms with Gasteiger partial charge in [0.05, 0.1) is 18.8 Å². The van der Waals surface area contributed by atoms with Crippen molar-refractivity contribution in [3.8, 4) is 0 Å². The van der Waals surface area contributed by atoms with Gasteiger partial charge in [-0.25, -0.2) is 4.79 Å². The van der Waals surface area contributed by atoms with Gasteiger partial charge in [-0.1, -0.05) is 11.6 Å². The number of nitrogens with two attached hydrogens (primary N) is 1. The number of hydrogen-bond acceptors (Lipinski definition) is 6. The first-order chi connectivity index (χ1) is 8.42. The Morgan fingerprint density at radius 2 is 2.17 bits per heavy atom. The number of nitrogen functional groups attached to an aromatic ring is 1. The Morgan fingerprint density at radius 1 is 1.56 bits per heavy atom. The summed E-state index contributed by atoms with van der Waals surface area (Å²) >= 11 is 9.79. The van der Waals surface area contributed by atoms with Gasteiger partial charge < -0.3 is 20.7 Å². The number of anilines is 1. The van der Waals surface area contributed by atoms with E-state index in [2.05, 4.69) is 17.4 Å². The first-order valence-corrected chi connectivity index (χ1v) is 6.07. The highest BCUT2D eigenvalue weighted by atomic mass is 35.5. The quantitative estimate of drug-likeness (QED) is 0.378. The molecule has 0 heterocycles. The third kappa shape index (κ3) is 3.08. The lowest BCUT2D eigenvalue weighted by atomic mass is 10.0. The SMILES string of the molecule is COC(=O)c1cc(C(O)C(O)CS)c(Cl)cc1N. The van der Waals surface area contributed by atoms with Crippen molar-refractivity contribution in [1.29, 1.82) is 0 Å². The van der Waals surface area contributed by atoms with E-state index < -0.39 is 18.2 Å². The van der Waals surface area contributed by atoms with Gasteiger partial charge in [-0.05, 0) is 12.1 Å². The van der Waals surface area contributed by atoms with Gasteiger partial charge in [0.25, 0.3) is 0 Å². The van der Waals surface area contributed by atoms with E-state index in [0.717, 1.165) is 0 Å². The zero-order valence-electron chi connectivity index (χ0n) is 9.63. The Morgan fingerprint density at radius 3 is 2.67 bits per heavy atom. The zero-order chi connectivity index (χ0) is 13.9. The Bertz CT molecular complexity index is 455. The monoisotopic (exact) mass is 291 g/mol. The largest absolute Gasteiger partial charge is 0.465 e. The lowest BCUT2D eigenvalue weighted by Crippen LogP contribution is -2.21. The minimum atomic E-state index is -1.25. The topological polar surface area (TPSA) is 92.8 Å². The average Bonchev–Trinajstić information content (AvgIpc) is 2.36. The summed E-state index contributed by atoms with van der Waals surface area (Å²) in [4.78, 5) is 11.5. The van der Waals surface area contributed by atoms with Gasteiger partial charge in [0, 0.05) is 22.0 Å². The van der Waals surface area contributed by atoms with E-state index in [4.69, 9.17) is 17.3 Å². The van der Waals surface area contributed by atoms with Gasteiger partial charge in [-0.2, -0.15) is 12.6 Å². The summed E-state index contributed by atoms with van der Waals surface area (Å²) in [5.41, 5.74) is 6.06. The van der Waals surface area contributed by atoms with Crippen LogP contribution < -0.4 is 5.73 Å². The average molecular weight is 292 g/mol. The molecule has 0 bridgehead atoms. The summed E-state index contributed by atoms with van der Waals surface area (Å²) in [6, 6.07) is 2.64. The van der Waals surface area contributed by atoms with Gasteiger partial charge in [-0.3, -0.25) is 0 Å². The summed E-state index contributed by atoms with van der Waals surface area (Å²) in [5.74, 6) is -0.590. The lowest BCUT2D eigenvalue weighted by molar-refractivity contribution is 0.0336. The molecule has 0 saturated carbocycles. The molecule has 4 N–H and O–H groups in total. The molecule has 0 radical (unpaired) electrons. The molecule has 0 amide bonds. The number of benzene rings is 1. The molecule has 1 aromatic carbocycles. The molecule has 100 valence electrons. The second-order valence-corrected chi connectivity index (χ2v) is 4.42. The van der Waals surface area contributed by atoms with Crippen LogP contribution in [0.25, 0.3) is 0 Å². The van der Waals surface area contributed by atoms with Crippen molar-refractivity contribution in [2.75, 3.05) is 18.6 Å². The summed E-state index contributed by atoms with van der Waals surface area (Å²) in [6.45, 7) is 0. The summed E-state index contributed by atoms with van der Waals surface area (Å²) in [7, 11) is 1.22. The molecule has 5 nitrogen and oxygen atoms in total. The van der Waals surface area contributed by atoms with Crippen molar-refractivity contribution in [2.24, 2.45) is 0 Å². The lowest BCUT2D eigenvalue weighted by Gasteiger charge is -2.18. The van der Waals surface area contributed by atoms with Gasteiger partial charge in [0.2, 0.25) is 0 Å². The molecule has 0 aliphatic rings. The van der Waals surface area contributed by atoms with Crippen molar-refractivity contribution in [3.63, 3.8) is 0 Å². The van der Waals surface area contributed by atoms with Gasteiger partial charge >= 0.3 is 5.97 Å². The number of esters is 1. The minimum Gasteiger partial charge on any atom is -0.465 e. The molecule has 2 atom stereocenters. The van der Waals surface area contributed by atoms with Crippen LogP contribution in [0.5, 0.6) is 0 Å². The maximum absolute atomic E-state index is 11.5.